The Morgan fingerprint density at radius 3 is 2.29 bits per heavy atom. The van der Waals surface area contributed by atoms with Crippen molar-refractivity contribution in [2.75, 3.05) is 46.6 Å². The zero-order valence-corrected chi connectivity index (χ0v) is 13.9. The van der Waals surface area contributed by atoms with Crippen LogP contribution in [0, 0.1) is 6.92 Å². The van der Waals surface area contributed by atoms with Crippen LogP contribution in [-0.4, -0.2) is 51.5 Å². The van der Waals surface area contributed by atoms with Crippen LogP contribution >= 0.6 is 0 Å². The van der Waals surface area contributed by atoms with Gasteiger partial charge in [-0.1, -0.05) is 0 Å². The molecular weight excluding hydrogens is 268 g/mol. The lowest BCUT2D eigenvalue weighted by molar-refractivity contribution is 0.0796. The second-order valence-corrected chi connectivity index (χ2v) is 4.99. The first-order valence-corrected chi connectivity index (χ1v) is 7.81. The second-order valence-electron chi connectivity index (χ2n) is 4.99. The Balaban J connectivity index is 2.56. The van der Waals surface area contributed by atoms with Gasteiger partial charge in [0.05, 0.1) is 19.8 Å². The number of hydrogen-bond acceptors (Lipinski definition) is 5. The van der Waals surface area contributed by atoms with Gasteiger partial charge in [-0.15, -0.1) is 0 Å². The number of rotatable bonds is 12. The van der Waals surface area contributed by atoms with Gasteiger partial charge in [-0.25, -0.2) is 0 Å². The van der Waals surface area contributed by atoms with Crippen LogP contribution in [0.5, 0.6) is 0 Å². The highest BCUT2D eigenvalue weighted by molar-refractivity contribution is 5.20. The summed E-state index contributed by atoms with van der Waals surface area (Å²) in [5.41, 5.74) is 1.24. The summed E-state index contributed by atoms with van der Waals surface area (Å²) < 4.78 is 16.7. The van der Waals surface area contributed by atoms with Crippen molar-refractivity contribution in [1.82, 2.24) is 10.2 Å². The van der Waals surface area contributed by atoms with Gasteiger partial charge in [-0.3, -0.25) is 4.90 Å². The van der Waals surface area contributed by atoms with Gasteiger partial charge in [-0.2, -0.15) is 0 Å². The molecule has 0 saturated heterocycles. The summed E-state index contributed by atoms with van der Waals surface area (Å²) in [6.07, 6.45) is 0. The van der Waals surface area contributed by atoms with Crippen LogP contribution < -0.4 is 5.32 Å². The van der Waals surface area contributed by atoms with E-state index in [1.807, 2.05) is 27.8 Å². The van der Waals surface area contributed by atoms with E-state index in [4.69, 9.17) is 13.9 Å². The van der Waals surface area contributed by atoms with Crippen molar-refractivity contribution in [2.45, 2.75) is 33.9 Å². The third-order valence-electron chi connectivity index (χ3n) is 3.33. The number of nitrogens with zero attached hydrogens (tertiary/aromatic N) is 1. The molecule has 0 aliphatic heterocycles. The number of aryl methyl sites for hydroxylation is 1. The third kappa shape index (κ3) is 7.09. The van der Waals surface area contributed by atoms with Crippen molar-refractivity contribution in [3.05, 3.63) is 23.2 Å². The van der Waals surface area contributed by atoms with Crippen molar-refractivity contribution in [3.8, 4) is 0 Å². The lowest BCUT2D eigenvalue weighted by atomic mass is 10.2. The normalized spacial score (nSPS) is 11.5. The van der Waals surface area contributed by atoms with Gasteiger partial charge >= 0.3 is 0 Å². The third-order valence-corrected chi connectivity index (χ3v) is 3.33. The van der Waals surface area contributed by atoms with Crippen LogP contribution in [0.4, 0.5) is 0 Å². The Kier molecular flexibility index (Phi) is 9.34. The molecular formula is C16H30N2O3. The molecule has 0 atom stereocenters. The van der Waals surface area contributed by atoms with Gasteiger partial charge in [0, 0.05) is 38.4 Å². The highest BCUT2D eigenvalue weighted by Gasteiger charge is 2.12. The average molecular weight is 298 g/mol. The topological polar surface area (TPSA) is 46.9 Å². The molecule has 0 aromatic carbocycles. The molecule has 0 aliphatic carbocycles. The molecule has 0 fully saturated rings. The van der Waals surface area contributed by atoms with E-state index in [1.54, 1.807) is 0 Å². The number of ether oxygens (including phenoxy) is 2. The second kappa shape index (κ2) is 10.8. The summed E-state index contributed by atoms with van der Waals surface area (Å²) in [6, 6.07) is 2.14. The summed E-state index contributed by atoms with van der Waals surface area (Å²) in [6.45, 7) is 12.6. The van der Waals surface area contributed by atoms with Crippen LogP contribution in [0.15, 0.2) is 10.5 Å². The first-order valence-electron chi connectivity index (χ1n) is 7.81. The largest absolute Gasteiger partial charge is 0.465 e. The fraction of sp³-hybridized carbons (Fsp3) is 0.750. The molecule has 1 N–H and O–H groups in total. The van der Waals surface area contributed by atoms with Crippen LogP contribution in [-0.2, 0) is 22.6 Å². The lowest BCUT2D eigenvalue weighted by Gasteiger charge is -2.21. The summed E-state index contributed by atoms with van der Waals surface area (Å²) in [4.78, 5) is 2.35. The molecule has 0 unspecified atom stereocenters. The zero-order valence-electron chi connectivity index (χ0n) is 13.9. The van der Waals surface area contributed by atoms with E-state index >= 15 is 0 Å². The first-order chi connectivity index (χ1) is 10.2. The Hall–Kier alpha value is -0.880. The summed E-state index contributed by atoms with van der Waals surface area (Å²) >= 11 is 0. The molecule has 0 bridgehead atoms. The van der Waals surface area contributed by atoms with E-state index in [0.29, 0.717) is 0 Å². The molecule has 5 heteroatoms. The summed E-state index contributed by atoms with van der Waals surface area (Å²) in [5.74, 6) is 1.98. The quantitative estimate of drug-likeness (QED) is 0.599. The minimum Gasteiger partial charge on any atom is -0.465 e. The molecule has 21 heavy (non-hydrogen) atoms. The van der Waals surface area contributed by atoms with Crippen molar-refractivity contribution >= 4 is 0 Å². The first kappa shape index (κ1) is 18.2. The van der Waals surface area contributed by atoms with Gasteiger partial charge < -0.3 is 19.2 Å². The molecule has 1 aromatic heterocycles. The molecule has 0 saturated carbocycles. The SMILES string of the molecule is CCOCCN(CCOCC)Cc1cc(CNC)oc1C. The van der Waals surface area contributed by atoms with Crippen molar-refractivity contribution < 1.29 is 13.9 Å². The van der Waals surface area contributed by atoms with Crippen LogP contribution in [0.2, 0.25) is 0 Å². The Morgan fingerprint density at radius 2 is 1.76 bits per heavy atom. The number of nitrogens with one attached hydrogen (secondary N) is 1. The Morgan fingerprint density at radius 1 is 1.14 bits per heavy atom. The van der Waals surface area contributed by atoms with Crippen molar-refractivity contribution in [2.24, 2.45) is 0 Å². The minimum atomic E-state index is 0.753. The highest BCUT2D eigenvalue weighted by atomic mass is 16.5. The Bertz CT molecular complexity index is 370. The minimum absolute atomic E-state index is 0.753. The zero-order chi connectivity index (χ0) is 15.5. The molecule has 0 aliphatic rings. The maximum atomic E-state index is 5.76. The highest BCUT2D eigenvalue weighted by Crippen LogP contribution is 2.16. The van der Waals surface area contributed by atoms with E-state index in [0.717, 1.165) is 64.1 Å². The molecule has 1 rings (SSSR count). The number of hydrogen-bond donors (Lipinski definition) is 1. The molecule has 1 heterocycles. The maximum Gasteiger partial charge on any atom is 0.118 e. The van der Waals surface area contributed by atoms with Crippen LogP contribution in [0.25, 0.3) is 0 Å². The van der Waals surface area contributed by atoms with E-state index in [2.05, 4.69) is 16.3 Å². The molecule has 122 valence electrons. The molecule has 0 amide bonds. The van der Waals surface area contributed by atoms with Gasteiger partial charge in [0.2, 0.25) is 0 Å². The molecule has 0 spiro atoms. The summed E-state index contributed by atoms with van der Waals surface area (Å²) in [5, 5.41) is 3.11. The van der Waals surface area contributed by atoms with E-state index < -0.39 is 0 Å². The van der Waals surface area contributed by atoms with Crippen molar-refractivity contribution in [3.63, 3.8) is 0 Å². The smallest absolute Gasteiger partial charge is 0.118 e. The van der Waals surface area contributed by atoms with Gasteiger partial charge in [0.15, 0.2) is 0 Å². The van der Waals surface area contributed by atoms with Gasteiger partial charge in [-0.05, 0) is 33.9 Å². The van der Waals surface area contributed by atoms with Crippen LogP contribution in [0.1, 0.15) is 30.9 Å². The molecule has 0 radical (unpaired) electrons. The predicted octanol–water partition coefficient (Wildman–Crippen LogP) is 2.18. The van der Waals surface area contributed by atoms with Gasteiger partial charge in [0.25, 0.3) is 0 Å². The fourth-order valence-corrected chi connectivity index (χ4v) is 2.19. The van der Waals surface area contributed by atoms with Crippen molar-refractivity contribution in [1.29, 1.82) is 0 Å². The van der Waals surface area contributed by atoms with E-state index in [1.165, 1.54) is 5.56 Å². The Labute approximate surface area is 128 Å². The lowest BCUT2D eigenvalue weighted by Crippen LogP contribution is -2.30. The standard InChI is InChI=1S/C16H30N2O3/c1-5-19-9-7-18(8-10-20-6-2)13-15-11-16(12-17-4)21-14(15)3/h11,17H,5-10,12-13H2,1-4H3. The molecule has 5 nitrogen and oxygen atoms in total. The average Bonchev–Trinajstić information content (AvgIpc) is 2.79. The predicted molar refractivity (Wildman–Crippen MR) is 84.5 cm³/mol. The van der Waals surface area contributed by atoms with E-state index in [-0.39, 0.29) is 0 Å². The molecule has 1 aromatic rings. The number of furan rings is 1. The summed E-state index contributed by atoms with van der Waals surface area (Å²) in [7, 11) is 1.92. The fourth-order valence-electron chi connectivity index (χ4n) is 2.19. The monoisotopic (exact) mass is 298 g/mol. The maximum absolute atomic E-state index is 5.76. The van der Waals surface area contributed by atoms with Crippen LogP contribution in [0.3, 0.4) is 0 Å². The van der Waals surface area contributed by atoms with Gasteiger partial charge in [0.1, 0.15) is 11.5 Å². The van der Waals surface area contributed by atoms with E-state index in [9.17, 15) is 0 Å².